The SMILES string of the molecule is CCNC(c1cc(C)ccc1F)c1ccc(Cl)cc1Br. The smallest absolute Gasteiger partial charge is 0.128 e. The zero-order valence-electron chi connectivity index (χ0n) is 11.4. The number of aryl methyl sites for hydroxylation is 1. The van der Waals surface area contributed by atoms with Gasteiger partial charge in [0.1, 0.15) is 5.82 Å². The van der Waals surface area contributed by atoms with E-state index < -0.39 is 0 Å². The molecule has 106 valence electrons. The Morgan fingerprint density at radius 3 is 2.60 bits per heavy atom. The number of halogens is 3. The maximum absolute atomic E-state index is 14.2. The summed E-state index contributed by atoms with van der Waals surface area (Å²) in [7, 11) is 0. The predicted molar refractivity (Wildman–Crippen MR) is 85.8 cm³/mol. The van der Waals surface area contributed by atoms with Crippen LogP contribution < -0.4 is 5.32 Å². The minimum Gasteiger partial charge on any atom is -0.306 e. The van der Waals surface area contributed by atoms with Crippen LogP contribution in [0.1, 0.15) is 29.7 Å². The van der Waals surface area contributed by atoms with Crippen molar-refractivity contribution in [2.45, 2.75) is 19.9 Å². The molecule has 0 aliphatic heterocycles. The van der Waals surface area contributed by atoms with E-state index in [2.05, 4.69) is 21.2 Å². The topological polar surface area (TPSA) is 12.0 Å². The van der Waals surface area contributed by atoms with Crippen molar-refractivity contribution in [1.29, 1.82) is 0 Å². The van der Waals surface area contributed by atoms with E-state index in [1.807, 2.05) is 38.1 Å². The zero-order chi connectivity index (χ0) is 14.7. The highest BCUT2D eigenvalue weighted by molar-refractivity contribution is 9.10. The Morgan fingerprint density at radius 1 is 1.20 bits per heavy atom. The molecule has 1 nitrogen and oxygen atoms in total. The van der Waals surface area contributed by atoms with Crippen LogP contribution in [-0.4, -0.2) is 6.54 Å². The first-order chi connectivity index (χ1) is 9.52. The van der Waals surface area contributed by atoms with E-state index in [4.69, 9.17) is 11.6 Å². The third-order valence-corrected chi connectivity index (χ3v) is 4.07. The molecule has 2 aromatic carbocycles. The Balaban J connectivity index is 2.53. The summed E-state index contributed by atoms with van der Waals surface area (Å²) in [4.78, 5) is 0. The lowest BCUT2D eigenvalue weighted by molar-refractivity contribution is 0.557. The molecule has 0 amide bonds. The molecule has 0 bridgehead atoms. The van der Waals surface area contributed by atoms with Crippen LogP contribution in [0.25, 0.3) is 0 Å². The summed E-state index contributed by atoms with van der Waals surface area (Å²) in [5, 5.41) is 3.98. The van der Waals surface area contributed by atoms with E-state index in [9.17, 15) is 4.39 Å². The second-order valence-electron chi connectivity index (χ2n) is 4.68. The van der Waals surface area contributed by atoms with Crippen LogP contribution in [0.3, 0.4) is 0 Å². The molecule has 0 saturated heterocycles. The minimum absolute atomic E-state index is 0.202. The van der Waals surface area contributed by atoms with E-state index >= 15 is 0 Å². The van der Waals surface area contributed by atoms with Gasteiger partial charge in [-0.25, -0.2) is 4.39 Å². The fourth-order valence-corrected chi connectivity index (χ4v) is 3.12. The lowest BCUT2D eigenvalue weighted by Crippen LogP contribution is -2.23. The highest BCUT2D eigenvalue weighted by Crippen LogP contribution is 2.32. The van der Waals surface area contributed by atoms with Gasteiger partial charge in [-0.3, -0.25) is 0 Å². The third kappa shape index (κ3) is 3.40. The van der Waals surface area contributed by atoms with Crippen molar-refractivity contribution >= 4 is 27.5 Å². The van der Waals surface area contributed by atoms with Gasteiger partial charge >= 0.3 is 0 Å². The number of hydrogen-bond donors (Lipinski definition) is 1. The number of rotatable bonds is 4. The first-order valence-corrected chi connectivity index (χ1v) is 7.64. The Hall–Kier alpha value is -0.900. The summed E-state index contributed by atoms with van der Waals surface area (Å²) in [6.45, 7) is 4.71. The number of nitrogens with one attached hydrogen (secondary N) is 1. The fourth-order valence-electron chi connectivity index (χ4n) is 2.21. The molecule has 0 saturated carbocycles. The molecule has 0 aromatic heterocycles. The predicted octanol–water partition coefficient (Wildman–Crippen LogP) is 5.25. The minimum atomic E-state index is -0.205. The summed E-state index contributed by atoms with van der Waals surface area (Å²) < 4.78 is 15.0. The van der Waals surface area contributed by atoms with E-state index in [0.717, 1.165) is 22.1 Å². The molecule has 2 rings (SSSR count). The van der Waals surface area contributed by atoms with Gasteiger partial charge in [-0.1, -0.05) is 58.2 Å². The van der Waals surface area contributed by atoms with Gasteiger partial charge in [0.2, 0.25) is 0 Å². The van der Waals surface area contributed by atoms with Crippen LogP contribution in [0.2, 0.25) is 5.02 Å². The van der Waals surface area contributed by atoms with Gasteiger partial charge < -0.3 is 5.32 Å². The van der Waals surface area contributed by atoms with Crippen molar-refractivity contribution < 1.29 is 4.39 Å². The van der Waals surface area contributed by atoms with Crippen molar-refractivity contribution in [3.63, 3.8) is 0 Å². The highest BCUT2D eigenvalue weighted by Gasteiger charge is 2.19. The number of hydrogen-bond acceptors (Lipinski definition) is 1. The van der Waals surface area contributed by atoms with Crippen LogP contribution in [0.15, 0.2) is 40.9 Å². The van der Waals surface area contributed by atoms with Crippen LogP contribution in [0, 0.1) is 12.7 Å². The molecule has 0 heterocycles. The average Bonchev–Trinajstić information content (AvgIpc) is 2.40. The van der Waals surface area contributed by atoms with E-state index in [1.165, 1.54) is 6.07 Å². The second kappa shape index (κ2) is 6.70. The molecule has 0 aliphatic rings. The van der Waals surface area contributed by atoms with Gasteiger partial charge in [-0.15, -0.1) is 0 Å². The Morgan fingerprint density at radius 2 is 1.95 bits per heavy atom. The van der Waals surface area contributed by atoms with Gasteiger partial charge in [-0.2, -0.15) is 0 Å². The third-order valence-electron chi connectivity index (χ3n) is 3.14. The molecular weight excluding hydrogens is 341 g/mol. The Kier molecular flexibility index (Phi) is 5.19. The summed E-state index contributed by atoms with van der Waals surface area (Å²) >= 11 is 9.49. The second-order valence-corrected chi connectivity index (χ2v) is 5.97. The van der Waals surface area contributed by atoms with Crippen LogP contribution >= 0.6 is 27.5 Å². The average molecular weight is 357 g/mol. The molecule has 2 aromatic rings. The van der Waals surface area contributed by atoms with E-state index in [1.54, 1.807) is 6.07 Å². The van der Waals surface area contributed by atoms with E-state index in [-0.39, 0.29) is 11.9 Å². The summed E-state index contributed by atoms with van der Waals surface area (Å²) in [5.41, 5.74) is 2.66. The van der Waals surface area contributed by atoms with E-state index in [0.29, 0.717) is 10.6 Å². The Bertz CT molecular complexity index is 615. The van der Waals surface area contributed by atoms with Gasteiger partial charge in [0.25, 0.3) is 0 Å². The summed E-state index contributed by atoms with van der Waals surface area (Å²) in [6, 6.07) is 10.5. The van der Waals surface area contributed by atoms with Gasteiger partial charge in [-0.05, 0) is 37.2 Å². The van der Waals surface area contributed by atoms with Gasteiger partial charge in [0.05, 0.1) is 6.04 Å². The Labute approximate surface area is 132 Å². The largest absolute Gasteiger partial charge is 0.306 e. The van der Waals surface area contributed by atoms with Crippen LogP contribution in [-0.2, 0) is 0 Å². The number of benzene rings is 2. The van der Waals surface area contributed by atoms with Crippen molar-refractivity contribution in [3.8, 4) is 0 Å². The normalized spacial score (nSPS) is 12.4. The van der Waals surface area contributed by atoms with Gasteiger partial charge in [0, 0.05) is 15.1 Å². The van der Waals surface area contributed by atoms with Gasteiger partial charge in [0.15, 0.2) is 0 Å². The molecule has 1 N–H and O–H groups in total. The molecule has 0 radical (unpaired) electrons. The summed E-state index contributed by atoms with van der Waals surface area (Å²) in [5.74, 6) is -0.205. The molecule has 0 spiro atoms. The molecule has 0 aliphatic carbocycles. The van der Waals surface area contributed by atoms with Crippen LogP contribution in [0.4, 0.5) is 4.39 Å². The zero-order valence-corrected chi connectivity index (χ0v) is 13.7. The monoisotopic (exact) mass is 355 g/mol. The molecule has 20 heavy (non-hydrogen) atoms. The van der Waals surface area contributed by atoms with Crippen molar-refractivity contribution in [3.05, 3.63) is 68.4 Å². The first kappa shape index (κ1) is 15.5. The van der Waals surface area contributed by atoms with Crippen LogP contribution in [0.5, 0.6) is 0 Å². The standard InChI is InChI=1S/C16H16BrClFN/c1-3-20-16(12-6-5-11(18)9-14(12)17)13-8-10(2)4-7-15(13)19/h4-9,16,20H,3H2,1-2H3. The lowest BCUT2D eigenvalue weighted by atomic mass is 9.96. The summed E-state index contributed by atoms with van der Waals surface area (Å²) in [6.07, 6.45) is 0. The molecule has 1 unspecified atom stereocenters. The first-order valence-electron chi connectivity index (χ1n) is 6.47. The molecule has 1 atom stereocenters. The lowest BCUT2D eigenvalue weighted by Gasteiger charge is -2.21. The molecule has 0 fully saturated rings. The highest BCUT2D eigenvalue weighted by atomic mass is 79.9. The van der Waals surface area contributed by atoms with Crippen molar-refractivity contribution in [2.24, 2.45) is 0 Å². The fraction of sp³-hybridized carbons (Fsp3) is 0.250. The van der Waals surface area contributed by atoms with Crippen molar-refractivity contribution in [1.82, 2.24) is 5.32 Å². The maximum atomic E-state index is 14.2. The molecular formula is C16H16BrClFN. The molecule has 4 heteroatoms. The maximum Gasteiger partial charge on any atom is 0.128 e. The van der Waals surface area contributed by atoms with Crippen molar-refractivity contribution in [2.75, 3.05) is 6.54 Å². The quantitative estimate of drug-likeness (QED) is 0.789.